The zero-order valence-corrected chi connectivity index (χ0v) is 10.3. The molecule has 0 saturated carbocycles. The van der Waals surface area contributed by atoms with Crippen LogP contribution in [0.25, 0.3) is 0 Å². The lowest BCUT2D eigenvalue weighted by Gasteiger charge is -2.08. The van der Waals surface area contributed by atoms with Gasteiger partial charge in [-0.3, -0.25) is 9.59 Å². The van der Waals surface area contributed by atoms with Crippen molar-refractivity contribution in [1.29, 1.82) is 0 Å². The van der Waals surface area contributed by atoms with Crippen LogP contribution in [0, 0.1) is 5.92 Å². The highest BCUT2D eigenvalue weighted by atomic mass is 16.7. The number of hydrogen-bond acceptors (Lipinski definition) is 8. The van der Waals surface area contributed by atoms with Crippen molar-refractivity contribution >= 4 is 24.2 Å². The number of carbonyl (C=O) groups is 4. The first-order valence-corrected chi connectivity index (χ1v) is 4.99. The highest BCUT2D eigenvalue weighted by Gasteiger charge is 2.20. The van der Waals surface area contributed by atoms with E-state index in [9.17, 15) is 19.2 Å². The molecule has 1 atom stereocenters. The highest BCUT2D eigenvalue weighted by Crippen LogP contribution is 2.09. The third kappa shape index (κ3) is 6.46. The van der Waals surface area contributed by atoms with Crippen LogP contribution in [-0.2, 0) is 28.5 Å². The second kappa shape index (κ2) is 8.04. The van der Waals surface area contributed by atoms with Crippen molar-refractivity contribution in [2.75, 3.05) is 14.2 Å². The molecule has 8 heteroatoms. The summed E-state index contributed by atoms with van der Waals surface area (Å²) in [6.45, 7) is 1.46. The molecule has 0 aromatic carbocycles. The third-order valence-electron chi connectivity index (χ3n) is 1.90. The van der Waals surface area contributed by atoms with Gasteiger partial charge in [-0.05, 0) is 6.42 Å². The normalized spacial score (nSPS) is 11.1. The summed E-state index contributed by atoms with van der Waals surface area (Å²) in [6, 6.07) is 0. The molecule has 102 valence electrons. The molecular formula is C10H14O8. The lowest BCUT2D eigenvalue weighted by Crippen LogP contribution is -2.20. The lowest BCUT2D eigenvalue weighted by molar-refractivity contribution is -0.144. The molecule has 0 rings (SSSR count). The Morgan fingerprint density at radius 1 is 0.944 bits per heavy atom. The summed E-state index contributed by atoms with van der Waals surface area (Å²) in [6.07, 6.45) is -2.37. The quantitative estimate of drug-likeness (QED) is 0.546. The maximum Gasteiger partial charge on any atom is 0.515 e. The average molecular weight is 262 g/mol. The molecule has 0 bridgehead atoms. The predicted molar refractivity (Wildman–Crippen MR) is 55.4 cm³/mol. The number of methoxy groups -OCH3 is 2. The molecule has 0 aliphatic rings. The first-order chi connectivity index (χ1) is 8.40. The van der Waals surface area contributed by atoms with Crippen molar-refractivity contribution in [1.82, 2.24) is 0 Å². The number of ether oxygens (including phenoxy) is 4. The van der Waals surface area contributed by atoms with E-state index in [-0.39, 0.29) is 12.8 Å². The third-order valence-corrected chi connectivity index (χ3v) is 1.90. The van der Waals surface area contributed by atoms with Crippen LogP contribution in [-0.4, -0.2) is 38.5 Å². The Morgan fingerprint density at radius 2 is 1.44 bits per heavy atom. The highest BCUT2D eigenvalue weighted by molar-refractivity contribution is 5.84. The van der Waals surface area contributed by atoms with Crippen molar-refractivity contribution in [2.24, 2.45) is 5.92 Å². The minimum absolute atomic E-state index is 0.0612. The number of carbonyl (C=O) groups excluding carboxylic acids is 4. The summed E-state index contributed by atoms with van der Waals surface area (Å²) >= 11 is 0. The Labute approximate surface area is 103 Å². The fourth-order valence-corrected chi connectivity index (χ4v) is 0.862. The van der Waals surface area contributed by atoms with Crippen LogP contribution in [0.5, 0.6) is 0 Å². The van der Waals surface area contributed by atoms with E-state index in [1.807, 2.05) is 0 Å². The Kier molecular flexibility index (Phi) is 7.10. The van der Waals surface area contributed by atoms with Gasteiger partial charge in [0.15, 0.2) is 0 Å². The van der Waals surface area contributed by atoms with Gasteiger partial charge in [0.05, 0.1) is 20.1 Å². The molecule has 0 amide bonds. The Balaban J connectivity index is 3.98. The van der Waals surface area contributed by atoms with Crippen LogP contribution in [0.4, 0.5) is 9.59 Å². The minimum Gasteiger partial charge on any atom is -0.437 e. The number of hydrogen-bond donors (Lipinski definition) is 0. The second-order valence-corrected chi connectivity index (χ2v) is 3.24. The van der Waals surface area contributed by atoms with Crippen molar-refractivity contribution in [2.45, 2.75) is 19.8 Å². The molecule has 0 fully saturated rings. The Hall–Kier alpha value is -2.12. The molecule has 0 N–H and O–H groups in total. The van der Waals surface area contributed by atoms with Gasteiger partial charge in [0.1, 0.15) is 0 Å². The molecule has 1 unspecified atom stereocenters. The zero-order chi connectivity index (χ0) is 14.1. The maximum atomic E-state index is 11.2. The first-order valence-electron chi connectivity index (χ1n) is 4.99. The molecule has 0 saturated heterocycles. The summed E-state index contributed by atoms with van der Waals surface area (Å²) in [5.74, 6) is -2.37. The molecule has 8 nitrogen and oxygen atoms in total. The SMILES string of the molecule is COC(=O)OC(=O)CCC(C)C(=O)OC(=O)OC. The molecule has 0 aliphatic heterocycles. The van der Waals surface area contributed by atoms with Crippen molar-refractivity contribution in [3.05, 3.63) is 0 Å². The van der Waals surface area contributed by atoms with E-state index in [2.05, 4.69) is 18.9 Å². The van der Waals surface area contributed by atoms with Crippen LogP contribution in [0.2, 0.25) is 0 Å². The van der Waals surface area contributed by atoms with E-state index in [1.54, 1.807) is 0 Å². The van der Waals surface area contributed by atoms with Crippen molar-refractivity contribution in [3.63, 3.8) is 0 Å². The molecular weight excluding hydrogens is 248 g/mol. The summed E-state index contributed by atoms with van der Waals surface area (Å²) < 4.78 is 16.7. The first kappa shape index (κ1) is 15.9. The van der Waals surface area contributed by atoms with Crippen LogP contribution >= 0.6 is 0 Å². The summed E-state index contributed by atoms with van der Waals surface area (Å²) in [7, 11) is 2.12. The Morgan fingerprint density at radius 3 is 1.94 bits per heavy atom. The van der Waals surface area contributed by atoms with E-state index >= 15 is 0 Å². The van der Waals surface area contributed by atoms with Gasteiger partial charge in [0.25, 0.3) is 0 Å². The van der Waals surface area contributed by atoms with E-state index in [1.165, 1.54) is 6.92 Å². The van der Waals surface area contributed by atoms with Gasteiger partial charge >= 0.3 is 24.2 Å². The van der Waals surface area contributed by atoms with Gasteiger partial charge in [-0.25, -0.2) is 9.59 Å². The van der Waals surface area contributed by atoms with Gasteiger partial charge in [-0.2, -0.15) is 0 Å². The number of esters is 2. The largest absolute Gasteiger partial charge is 0.515 e. The molecule has 0 spiro atoms. The van der Waals surface area contributed by atoms with E-state index in [0.29, 0.717) is 0 Å². The predicted octanol–water partition coefficient (Wildman–Crippen LogP) is 1.02. The number of rotatable bonds is 4. The van der Waals surface area contributed by atoms with Gasteiger partial charge < -0.3 is 18.9 Å². The van der Waals surface area contributed by atoms with Crippen LogP contribution in [0.1, 0.15) is 19.8 Å². The topological polar surface area (TPSA) is 105 Å². The lowest BCUT2D eigenvalue weighted by atomic mass is 10.1. The van der Waals surface area contributed by atoms with Crippen molar-refractivity contribution < 1.29 is 38.1 Å². The van der Waals surface area contributed by atoms with E-state index in [0.717, 1.165) is 14.2 Å². The molecule has 0 aromatic rings. The molecule has 18 heavy (non-hydrogen) atoms. The fourth-order valence-electron chi connectivity index (χ4n) is 0.862. The van der Waals surface area contributed by atoms with Gasteiger partial charge in [-0.1, -0.05) is 6.92 Å². The van der Waals surface area contributed by atoms with Gasteiger partial charge in [0.2, 0.25) is 0 Å². The second-order valence-electron chi connectivity index (χ2n) is 3.24. The standard InChI is InChI=1S/C10H14O8/c1-6(8(12)18-10(14)16-3)4-5-7(11)17-9(13)15-2/h6H,4-5H2,1-3H3. The summed E-state index contributed by atoms with van der Waals surface area (Å²) in [5.41, 5.74) is 0. The van der Waals surface area contributed by atoms with Crippen LogP contribution < -0.4 is 0 Å². The average Bonchev–Trinajstić information content (AvgIpc) is 2.35. The van der Waals surface area contributed by atoms with Gasteiger partial charge in [0, 0.05) is 6.42 Å². The van der Waals surface area contributed by atoms with E-state index in [4.69, 9.17) is 0 Å². The van der Waals surface area contributed by atoms with Gasteiger partial charge in [-0.15, -0.1) is 0 Å². The van der Waals surface area contributed by atoms with Crippen LogP contribution in [0.15, 0.2) is 0 Å². The minimum atomic E-state index is -1.12. The monoisotopic (exact) mass is 262 g/mol. The van der Waals surface area contributed by atoms with Crippen molar-refractivity contribution in [3.8, 4) is 0 Å². The Bertz CT molecular complexity index is 335. The molecule has 0 radical (unpaired) electrons. The van der Waals surface area contributed by atoms with E-state index < -0.39 is 30.2 Å². The van der Waals surface area contributed by atoms with Crippen LogP contribution in [0.3, 0.4) is 0 Å². The maximum absolute atomic E-state index is 11.2. The molecule has 0 aliphatic carbocycles. The fraction of sp³-hybridized carbons (Fsp3) is 0.600. The molecule has 0 heterocycles. The smallest absolute Gasteiger partial charge is 0.437 e. The summed E-state index contributed by atoms with van der Waals surface area (Å²) in [5, 5.41) is 0. The molecule has 0 aromatic heterocycles. The summed E-state index contributed by atoms with van der Waals surface area (Å²) in [4.78, 5) is 43.5. The zero-order valence-electron chi connectivity index (χ0n) is 10.3.